The van der Waals surface area contributed by atoms with Crippen LogP contribution in [0.1, 0.15) is 13.8 Å². The summed E-state index contributed by atoms with van der Waals surface area (Å²) in [5, 5.41) is 11.6. The van der Waals surface area contributed by atoms with Crippen LogP contribution in [0.15, 0.2) is 5.10 Å². The molecule has 0 aliphatic carbocycles. The van der Waals surface area contributed by atoms with E-state index in [1.165, 1.54) is 6.21 Å². The van der Waals surface area contributed by atoms with Gasteiger partial charge in [0.05, 0.1) is 11.5 Å². The standard InChI is InChI=1S/C5H9N3/c1-5(2,3-6)4-8-7/h4H,7H2,1-2H3. The maximum absolute atomic E-state index is 8.33. The Bertz CT molecular complexity index is 129. The normalized spacial score (nSPS) is 11.6. The Kier molecular flexibility index (Phi) is 2.01. The van der Waals surface area contributed by atoms with Crippen LogP contribution in [0, 0.1) is 16.7 Å². The van der Waals surface area contributed by atoms with E-state index in [2.05, 4.69) is 5.10 Å². The van der Waals surface area contributed by atoms with Gasteiger partial charge in [0, 0.05) is 6.21 Å². The molecular formula is C5H9N3. The first kappa shape index (κ1) is 6.96. The minimum Gasteiger partial charge on any atom is -0.324 e. The van der Waals surface area contributed by atoms with Gasteiger partial charge in [0.1, 0.15) is 0 Å². The molecule has 0 aromatic carbocycles. The SMILES string of the molecule is CC(C)(C#N)C=NN. The number of nitriles is 1. The van der Waals surface area contributed by atoms with Gasteiger partial charge >= 0.3 is 0 Å². The molecule has 0 unspecified atom stereocenters. The van der Waals surface area contributed by atoms with E-state index in [4.69, 9.17) is 11.1 Å². The zero-order valence-electron chi connectivity index (χ0n) is 5.05. The molecule has 0 bridgehead atoms. The average Bonchev–Trinajstić information content (AvgIpc) is 1.67. The zero-order chi connectivity index (χ0) is 6.62. The topological polar surface area (TPSA) is 62.2 Å². The van der Waals surface area contributed by atoms with E-state index in [0.29, 0.717) is 0 Å². The Morgan fingerprint density at radius 1 is 1.75 bits per heavy atom. The van der Waals surface area contributed by atoms with Gasteiger partial charge in [-0.15, -0.1) is 0 Å². The molecule has 0 radical (unpaired) electrons. The second kappa shape index (κ2) is 2.31. The van der Waals surface area contributed by atoms with Gasteiger partial charge in [0.25, 0.3) is 0 Å². The smallest absolute Gasteiger partial charge is 0.0885 e. The van der Waals surface area contributed by atoms with Gasteiger partial charge in [-0.25, -0.2) is 0 Å². The second-order valence-corrected chi connectivity index (χ2v) is 2.11. The first-order chi connectivity index (χ1) is 3.62. The third kappa shape index (κ3) is 2.19. The van der Waals surface area contributed by atoms with Crippen LogP contribution in [0.4, 0.5) is 0 Å². The lowest BCUT2D eigenvalue weighted by Gasteiger charge is -2.03. The largest absolute Gasteiger partial charge is 0.324 e. The van der Waals surface area contributed by atoms with Crippen molar-refractivity contribution in [1.82, 2.24) is 0 Å². The van der Waals surface area contributed by atoms with Crippen molar-refractivity contribution >= 4 is 6.21 Å². The summed E-state index contributed by atoms with van der Waals surface area (Å²) in [6.07, 6.45) is 1.41. The summed E-state index contributed by atoms with van der Waals surface area (Å²) < 4.78 is 0. The van der Waals surface area contributed by atoms with Crippen LogP contribution < -0.4 is 5.84 Å². The first-order valence-corrected chi connectivity index (χ1v) is 2.28. The Hall–Kier alpha value is -1.04. The zero-order valence-corrected chi connectivity index (χ0v) is 5.05. The van der Waals surface area contributed by atoms with E-state index < -0.39 is 5.41 Å². The highest BCUT2D eigenvalue weighted by atomic mass is 15.1. The number of hydrazone groups is 1. The van der Waals surface area contributed by atoms with Crippen LogP contribution in [0.2, 0.25) is 0 Å². The first-order valence-electron chi connectivity index (χ1n) is 2.28. The lowest BCUT2D eigenvalue weighted by molar-refractivity contribution is 0.709. The van der Waals surface area contributed by atoms with Crippen molar-refractivity contribution in [2.45, 2.75) is 13.8 Å². The van der Waals surface area contributed by atoms with E-state index in [1.807, 2.05) is 6.07 Å². The maximum atomic E-state index is 8.33. The summed E-state index contributed by atoms with van der Waals surface area (Å²) in [4.78, 5) is 0. The average molecular weight is 111 g/mol. The molecule has 0 fully saturated rings. The van der Waals surface area contributed by atoms with Crippen LogP contribution >= 0.6 is 0 Å². The fourth-order valence-electron chi connectivity index (χ4n) is 0.215. The molecule has 0 aliphatic rings. The van der Waals surface area contributed by atoms with Crippen molar-refractivity contribution in [3.05, 3.63) is 0 Å². The maximum Gasteiger partial charge on any atom is 0.0885 e. The molecule has 0 spiro atoms. The third-order valence-corrected chi connectivity index (χ3v) is 0.685. The Balaban J connectivity index is 3.97. The molecule has 0 saturated carbocycles. The summed E-state index contributed by atoms with van der Waals surface area (Å²) in [5.41, 5.74) is -0.519. The predicted octanol–water partition coefficient (Wildman–Crippen LogP) is 0.481. The summed E-state index contributed by atoms with van der Waals surface area (Å²) in [6.45, 7) is 3.48. The number of hydrogen-bond acceptors (Lipinski definition) is 3. The lowest BCUT2D eigenvalue weighted by Crippen LogP contribution is -2.10. The predicted molar refractivity (Wildman–Crippen MR) is 32.1 cm³/mol. The number of nitrogens with zero attached hydrogens (tertiary/aromatic N) is 2. The van der Waals surface area contributed by atoms with E-state index in [1.54, 1.807) is 13.8 Å². The van der Waals surface area contributed by atoms with Gasteiger partial charge in [-0.2, -0.15) is 10.4 Å². The van der Waals surface area contributed by atoms with Gasteiger partial charge in [-0.1, -0.05) is 0 Å². The summed E-state index contributed by atoms with van der Waals surface area (Å²) >= 11 is 0. The number of rotatable bonds is 1. The molecule has 2 N–H and O–H groups in total. The van der Waals surface area contributed by atoms with Gasteiger partial charge in [0.2, 0.25) is 0 Å². The molecule has 0 amide bonds. The molecule has 3 heteroatoms. The molecule has 8 heavy (non-hydrogen) atoms. The Morgan fingerprint density at radius 2 is 2.25 bits per heavy atom. The van der Waals surface area contributed by atoms with E-state index >= 15 is 0 Å². The van der Waals surface area contributed by atoms with Crippen LogP contribution in [0.3, 0.4) is 0 Å². The highest BCUT2D eigenvalue weighted by Gasteiger charge is 2.11. The highest BCUT2D eigenvalue weighted by molar-refractivity contribution is 5.67. The van der Waals surface area contributed by atoms with Crippen molar-refractivity contribution in [1.29, 1.82) is 5.26 Å². The Labute approximate surface area is 48.8 Å². The lowest BCUT2D eigenvalue weighted by atomic mass is 9.98. The highest BCUT2D eigenvalue weighted by Crippen LogP contribution is 2.07. The summed E-state index contributed by atoms with van der Waals surface area (Å²) in [7, 11) is 0. The van der Waals surface area contributed by atoms with Crippen molar-refractivity contribution < 1.29 is 0 Å². The molecule has 0 aromatic rings. The van der Waals surface area contributed by atoms with E-state index in [0.717, 1.165) is 0 Å². The van der Waals surface area contributed by atoms with Gasteiger partial charge < -0.3 is 5.84 Å². The minimum atomic E-state index is -0.519. The van der Waals surface area contributed by atoms with Crippen LogP contribution in [-0.4, -0.2) is 6.21 Å². The van der Waals surface area contributed by atoms with Crippen LogP contribution in [0.25, 0.3) is 0 Å². The monoisotopic (exact) mass is 111 g/mol. The summed E-state index contributed by atoms with van der Waals surface area (Å²) in [6, 6.07) is 2.01. The fourth-order valence-corrected chi connectivity index (χ4v) is 0.215. The van der Waals surface area contributed by atoms with E-state index in [9.17, 15) is 0 Å². The van der Waals surface area contributed by atoms with Crippen LogP contribution in [-0.2, 0) is 0 Å². The van der Waals surface area contributed by atoms with Crippen molar-refractivity contribution in [2.24, 2.45) is 16.4 Å². The summed E-state index contributed by atoms with van der Waals surface area (Å²) in [5.74, 6) is 4.81. The van der Waals surface area contributed by atoms with Crippen molar-refractivity contribution in [3.8, 4) is 6.07 Å². The number of nitrogens with two attached hydrogens (primary N) is 1. The molecule has 0 rings (SSSR count). The van der Waals surface area contributed by atoms with Gasteiger partial charge in [-0.3, -0.25) is 0 Å². The quantitative estimate of drug-likeness (QED) is 0.304. The minimum absolute atomic E-state index is 0.519. The van der Waals surface area contributed by atoms with Gasteiger partial charge in [0.15, 0.2) is 0 Å². The Morgan fingerprint density at radius 3 is 2.38 bits per heavy atom. The van der Waals surface area contributed by atoms with Crippen LogP contribution in [0.5, 0.6) is 0 Å². The van der Waals surface area contributed by atoms with Crippen molar-refractivity contribution in [2.75, 3.05) is 0 Å². The molecular weight excluding hydrogens is 102 g/mol. The fraction of sp³-hybridized carbons (Fsp3) is 0.600. The third-order valence-electron chi connectivity index (χ3n) is 0.685. The molecule has 0 aromatic heterocycles. The second-order valence-electron chi connectivity index (χ2n) is 2.11. The van der Waals surface area contributed by atoms with Gasteiger partial charge in [-0.05, 0) is 13.8 Å². The van der Waals surface area contributed by atoms with E-state index in [-0.39, 0.29) is 0 Å². The molecule has 0 atom stereocenters. The molecule has 0 aliphatic heterocycles. The number of hydrogen-bond donors (Lipinski definition) is 1. The molecule has 44 valence electrons. The molecule has 0 heterocycles. The molecule has 3 nitrogen and oxygen atoms in total. The van der Waals surface area contributed by atoms with Crippen molar-refractivity contribution in [3.63, 3.8) is 0 Å². The molecule has 0 saturated heterocycles.